The molecule has 6 heteroatoms. The second kappa shape index (κ2) is 6.55. The van der Waals surface area contributed by atoms with E-state index < -0.39 is 6.10 Å². The first-order valence-electron chi connectivity index (χ1n) is 7.21. The molecule has 114 valence electrons. The second-order valence-corrected chi connectivity index (χ2v) is 5.26. The van der Waals surface area contributed by atoms with E-state index in [-0.39, 0.29) is 11.9 Å². The molecule has 1 aliphatic rings. The van der Waals surface area contributed by atoms with Crippen molar-refractivity contribution in [3.05, 3.63) is 48.7 Å². The van der Waals surface area contributed by atoms with Gasteiger partial charge in [-0.25, -0.2) is 4.98 Å². The van der Waals surface area contributed by atoms with Gasteiger partial charge in [0.1, 0.15) is 5.82 Å². The molecule has 0 spiro atoms. The van der Waals surface area contributed by atoms with Crippen molar-refractivity contribution in [2.24, 2.45) is 0 Å². The van der Waals surface area contributed by atoms with Crippen molar-refractivity contribution in [2.45, 2.75) is 18.6 Å². The summed E-state index contributed by atoms with van der Waals surface area (Å²) >= 11 is 0. The number of nitrogens with one attached hydrogen (secondary N) is 3. The zero-order valence-electron chi connectivity index (χ0n) is 12.0. The molecule has 0 radical (unpaired) electrons. The van der Waals surface area contributed by atoms with Gasteiger partial charge in [0.25, 0.3) is 0 Å². The Kier molecular flexibility index (Phi) is 4.32. The normalized spacial score (nSPS) is 20.6. The Bertz CT molecular complexity index is 630. The summed E-state index contributed by atoms with van der Waals surface area (Å²) in [5.41, 5.74) is 1.59. The largest absolute Gasteiger partial charge is 0.392 e. The number of amides is 1. The van der Waals surface area contributed by atoms with Crippen LogP contribution < -0.4 is 16.0 Å². The van der Waals surface area contributed by atoms with Crippen LogP contribution in [0.25, 0.3) is 0 Å². The number of rotatable bonds is 4. The van der Waals surface area contributed by atoms with E-state index in [1.807, 2.05) is 30.3 Å². The van der Waals surface area contributed by atoms with Crippen LogP contribution in [0.2, 0.25) is 0 Å². The van der Waals surface area contributed by atoms with Crippen molar-refractivity contribution in [1.82, 2.24) is 10.3 Å². The molecule has 2 atom stereocenters. The molecule has 2 aromatic rings. The standard InChI is InChI=1S/C16H18N4O2/c21-13-8-14(17-10-13)16(22)20-12-6-7-15(18-9-12)19-11-4-2-1-3-5-11/h1-7,9,13-14,17,21H,8,10H2,(H,18,19)(H,20,22). The van der Waals surface area contributed by atoms with Crippen LogP contribution in [0.3, 0.4) is 0 Å². The lowest BCUT2D eigenvalue weighted by molar-refractivity contribution is -0.117. The lowest BCUT2D eigenvalue weighted by Crippen LogP contribution is -2.35. The molecule has 6 nitrogen and oxygen atoms in total. The summed E-state index contributed by atoms with van der Waals surface area (Å²) < 4.78 is 0. The second-order valence-electron chi connectivity index (χ2n) is 5.26. The third-order valence-electron chi connectivity index (χ3n) is 3.50. The highest BCUT2D eigenvalue weighted by Crippen LogP contribution is 2.16. The number of aliphatic hydroxyl groups is 1. The molecule has 0 saturated carbocycles. The number of β-amino-alcohol motifs (C(OH)–C–C–N with tert-alkyl or cyclic N) is 1. The average molecular weight is 298 g/mol. The molecule has 4 N–H and O–H groups in total. The molecular weight excluding hydrogens is 280 g/mol. The van der Waals surface area contributed by atoms with Crippen molar-refractivity contribution < 1.29 is 9.90 Å². The van der Waals surface area contributed by atoms with Gasteiger partial charge in [0.15, 0.2) is 0 Å². The number of carbonyl (C=O) groups excluding carboxylic acids is 1. The summed E-state index contributed by atoms with van der Waals surface area (Å²) in [6, 6.07) is 13.0. The minimum atomic E-state index is -0.452. The maximum atomic E-state index is 12.0. The third kappa shape index (κ3) is 3.60. The number of aliphatic hydroxyl groups excluding tert-OH is 1. The Hall–Kier alpha value is -2.44. The monoisotopic (exact) mass is 298 g/mol. The predicted molar refractivity (Wildman–Crippen MR) is 85.0 cm³/mol. The minimum absolute atomic E-state index is 0.151. The molecule has 1 aliphatic heterocycles. The number of pyridine rings is 1. The number of nitrogens with zero attached hydrogens (tertiary/aromatic N) is 1. The first kappa shape index (κ1) is 14.5. The van der Waals surface area contributed by atoms with E-state index in [4.69, 9.17) is 0 Å². The van der Waals surface area contributed by atoms with E-state index in [2.05, 4.69) is 20.9 Å². The van der Waals surface area contributed by atoms with Crippen LogP contribution in [0, 0.1) is 0 Å². The predicted octanol–water partition coefficient (Wildman–Crippen LogP) is 1.49. The lowest BCUT2D eigenvalue weighted by Gasteiger charge is -2.11. The highest BCUT2D eigenvalue weighted by Gasteiger charge is 2.27. The topological polar surface area (TPSA) is 86.3 Å². The van der Waals surface area contributed by atoms with E-state index in [9.17, 15) is 9.90 Å². The van der Waals surface area contributed by atoms with Crippen LogP contribution in [0.4, 0.5) is 17.2 Å². The van der Waals surface area contributed by atoms with Gasteiger partial charge in [-0.3, -0.25) is 4.79 Å². The summed E-state index contributed by atoms with van der Waals surface area (Å²) in [5, 5.41) is 18.4. The molecule has 1 amide bonds. The SMILES string of the molecule is O=C(Nc1ccc(Nc2ccccc2)nc1)C1CC(O)CN1. The van der Waals surface area contributed by atoms with Gasteiger partial charge in [-0.15, -0.1) is 0 Å². The molecule has 2 heterocycles. The van der Waals surface area contributed by atoms with Crippen LogP contribution in [0.1, 0.15) is 6.42 Å². The van der Waals surface area contributed by atoms with Crippen molar-refractivity contribution in [2.75, 3.05) is 17.2 Å². The van der Waals surface area contributed by atoms with Gasteiger partial charge in [-0.05, 0) is 30.7 Å². The lowest BCUT2D eigenvalue weighted by atomic mass is 10.2. The molecule has 1 saturated heterocycles. The Morgan fingerprint density at radius 1 is 1.18 bits per heavy atom. The van der Waals surface area contributed by atoms with Gasteiger partial charge in [0, 0.05) is 12.2 Å². The summed E-state index contributed by atoms with van der Waals surface area (Å²) in [6.07, 6.45) is 1.59. The van der Waals surface area contributed by atoms with Crippen LogP contribution in [-0.4, -0.2) is 34.7 Å². The number of hydrogen-bond donors (Lipinski definition) is 4. The molecule has 0 aliphatic carbocycles. The van der Waals surface area contributed by atoms with Crippen LogP contribution in [0.15, 0.2) is 48.7 Å². The maximum absolute atomic E-state index is 12.0. The van der Waals surface area contributed by atoms with Crippen LogP contribution in [0.5, 0.6) is 0 Å². The summed E-state index contributed by atoms with van der Waals surface area (Å²) in [7, 11) is 0. The van der Waals surface area contributed by atoms with Gasteiger partial charge >= 0.3 is 0 Å². The molecule has 2 unspecified atom stereocenters. The quantitative estimate of drug-likeness (QED) is 0.687. The van der Waals surface area contributed by atoms with Crippen LogP contribution in [-0.2, 0) is 4.79 Å². The fourth-order valence-electron chi connectivity index (χ4n) is 2.36. The third-order valence-corrected chi connectivity index (χ3v) is 3.50. The summed E-state index contributed by atoms with van der Waals surface area (Å²) in [4.78, 5) is 16.3. The first-order valence-corrected chi connectivity index (χ1v) is 7.21. The molecule has 1 fully saturated rings. The molecular formula is C16H18N4O2. The van der Waals surface area contributed by atoms with Crippen molar-refractivity contribution >= 4 is 23.1 Å². The van der Waals surface area contributed by atoms with Crippen LogP contribution >= 0.6 is 0 Å². The highest BCUT2D eigenvalue weighted by molar-refractivity contribution is 5.95. The molecule has 22 heavy (non-hydrogen) atoms. The Labute approximate surface area is 128 Å². The fourth-order valence-corrected chi connectivity index (χ4v) is 2.36. The van der Waals surface area contributed by atoms with Crippen molar-refractivity contribution in [1.29, 1.82) is 0 Å². The van der Waals surface area contributed by atoms with Gasteiger partial charge in [-0.1, -0.05) is 18.2 Å². The fraction of sp³-hybridized carbons (Fsp3) is 0.250. The molecule has 0 bridgehead atoms. The van der Waals surface area contributed by atoms with Gasteiger partial charge in [0.2, 0.25) is 5.91 Å². The Morgan fingerprint density at radius 3 is 2.64 bits per heavy atom. The Balaban J connectivity index is 1.58. The number of aromatic nitrogens is 1. The number of benzene rings is 1. The number of anilines is 3. The van der Waals surface area contributed by atoms with Gasteiger partial charge in [0.05, 0.1) is 24.0 Å². The zero-order valence-corrected chi connectivity index (χ0v) is 12.0. The molecule has 3 rings (SSSR count). The molecule has 1 aromatic heterocycles. The first-order chi connectivity index (χ1) is 10.7. The maximum Gasteiger partial charge on any atom is 0.241 e. The number of para-hydroxylation sites is 1. The van der Waals surface area contributed by atoms with E-state index in [0.717, 1.165) is 5.69 Å². The van der Waals surface area contributed by atoms with Crippen molar-refractivity contribution in [3.63, 3.8) is 0 Å². The summed E-state index contributed by atoms with van der Waals surface area (Å²) in [5.74, 6) is 0.556. The Morgan fingerprint density at radius 2 is 2.00 bits per heavy atom. The zero-order chi connectivity index (χ0) is 15.4. The van der Waals surface area contributed by atoms with E-state index in [1.165, 1.54) is 0 Å². The number of hydrogen-bond acceptors (Lipinski definition) is 5. The smallest absolute Gasteiger partial charge is 0.241 e. The highest BCUT2D eigenvalue weighted by atomic mass is 16.3. The number of carbonyl (C=O) groups is 1. The minimum Gasteiger partial charge on any atom is -0.392 e. The van der Waals surface area contributed by atoms with Crippen molar-refractivity contribution in [3.8, 4) is 0 Å². The summed E-state index contributed by atoms with van der Waals surface area (Å²) in [6.45, 7) is 0.455. The van der Waals surface area contributed by atoms with Gasteiger partial charge in [-0.2, -0.15) is 0 Å². The van der Waals surface area contributed by atoms with E-state index >= 15 is 0 Å². The average Bonchev–Trinajstić information content (AvgIpc) is 2.97. The molecule has 1 aromatic carbocycles. The van der Waals surface area contributed by atoms with Gasteiger partial charge < -0.3 is 21.1 Å². The van der Waals surface area contributed by atoms with E-state index in [1.54, 1.807) is 18.3 Å². The van der Waals surface area contributed by atoms with E-state index in [0.29, 0.717) is 24.5 Å².